The Balaban J connectivity index is 2.07. The summed E-state index contributed by atoms with van der Waals surface area (Å²) in [6.07, 6.45) is 5.34. The van der Waals surface area contributed by atoms with Crippen LogP contribution < -0.4 is 0 Å². The average molecular weight is 315 g/mol. The van der Waals surface area contributed by atoms with Crippen LogP contribution >= 0.6 is 0 Å². The fourth-order valence-electron chi connectivity index (χ4n) is 3.21. The van der Waals surface area contributed by atoms with Gasteiger partial charge in [-0.1, -0.05) is 27.2 Å². The monoisotopic (exact) mass is 314 g/mol. The first-order valence-electron chi connectivity index (χ1n) is 9.13. The molecule has 1 aliphatic rings. The van der Waals surface area contributed by atoms with Gasteiger partial charge in [-0.15, -0.1) is 0 Å². The molecule has 0 aromatic carbocycles. The minimum Gasteiger partial charge on any atom is -0.379 e. The van der Waals surface area contributed by atoms with E-state index in [0.29, 0.717) is 19.3 Å². The third-order valence-electron chi connectivity index (χ3n) is 4.49. The van der Waals surface area contributed by atoms with Gasteiger partial charge in [-0.2, -0.15) is 0 Å². The van der Waals surface area contributed by atoms with Gasteiger partial charge in [0, 0.05) is 13.2 Å². The summed E-state index contributed by atoms with van der Waals surface area (Å²) in [5.74, 6) is 2.27. The van der Waals surface area contributed by atoms with Crippen LogP contribution in [0.5, 0.6) is 0 Å². The maximum atomic E-state index is 6.18. The van der Waals surface area contributed by atoms with E-state index in [1.54, 1.807) is 0 Å². The van der Waals surface area contributed by atoms with Gasteiger partial charge in [0.05, 0.1) is 24.9 Å². The SMILES string of the molecule is CC1CCC(C(C)C)C(OCCCOCCOC(C)(C)C)C1. The molecule has 0 aliphatic heterocycles. The van der Waals surface area contributed by atoms with Crippen molar-refractivity contribution in [2.75, 3.05) is 26.4 Å². The van der Waals surface area contributed by atoms with Crippen molar-refractivity contribution in [3.8, 4) is 0 Å². The molecule has 0 spiro atoms. The maximum Gasteiger partial charge on any atom is 0.0707 e. The molecule has 132 valence electrons. The number of rotatable bonds is 9. The molecular weight excluding hydrogens is 276 g/mol. The highest BCUT2D eigenvalue weighted by Crippen LogP contribution is 2.35. The highest BCUT2D eigenvalue weighted by atomic mass is 16.5. The Bertz CT molecular complexity index is 283. The molecule has 22 heavy (non-hydrogen) atoms. The van der Waals surface area contributed by atoms with Crippen molar-refractivity contribution in [3.63, 3.8) is 0 Å². The Morgan fingerprint density at radius 2 is 1.73 bits per heavy atom. The second-order valence-electron chi connectivity index (χ2n) is 8.16. The van der Waals surface area contributed by atoms with Gasteiger partial charge in [-0.25, -0.2) is 0 Å². The molecule has 3 nitrogen and oxygen atoms in total. The van der Waals surface area contributed by atoms with E-state index in [0.717, 1.165) is 37.4 Å². The van der Waals surface area contributed by atoms with Gasteiger partial charge in [-0.05, 0) is 57.8 Å². The number of ether oxygens (including phenoxy) is 3. The zero-order valence-corrected chi connectivity index (χ0v) is 15.7. The first-order valence-corrected chi connectivity index (χ1v) is 9.13. The summed E-state index contributed by atoms with van der Waals surface area (Å²) in [6.45, 7) is 16.1. The second kappa shape index (κ2) is 9.89. The van der Waals surface area contributed by atoms with E-state index in [1.807, 2.05) is 0 Å². The van der Waals surface area contributed by atoms with E-state index >= 15 is 0 Å². The normalized spacial score (nSPS) is 26.6. The largest absolute Gasteiger partial charge is 0.379 e. The predicted octanol–water partition coefficient (Wildman–Crippen LogP) is 4.69. The minimum atomic E-state index is -0.0734. The quantitative estimate of drug-likeness (QED) is 0.578. The van der Waals surface area contributed by atoms with Crippen molar-refractivity contribution >= 4 is 0 Å². The Hall–Kier alpha value is -0.120. The molecule has 0 aromatic heterocycles. The molecule has 3 unspecified atom stereocenters. The Kier molecular flexibility index (Phi) is 8.96. The summed E-state index contributed by atoms with van der Waals surface area (Å²) in [5.41, 5.74) is -0.0734. The molecule has 0 radical (unpaired) electrons. The third-order valence-corrected chi connectivity index (χ3v) is 4.49. The fourth-order valence-corrected chi connectivity index (χ4v) is 3.21. The Morgan fingerprint density at radius 3 is 2.36 bits per heavy atom. The van der Waals surface area contributed by atoms with Crippen LogP contribution in [0.1, 0.15) is 67.2 Å². The van der Waals surface area contributed by atoms with Gasteiger partial charge in [0.2, 0.25) is 0 Å². The average Bonchev–Trinajstić information content (AvgIpc) is 2.40. The zero-order valence-electron chi connectivity index (χ0n) is 15.7. The third kappa shape index (κ3) is 8.50. The Labute approximate surface area is 138 Å². The molecule has 0 N–H and O–H groups in total. The molecule has 1 fully saturated rings. The van der Waals surface area contributed by atoms with Crippen LogP contribution in [0.2, 0.25) is 0 Å². The molecule has 0 amide bonds. The molecule has 0 saturated heterocycles. The van der Waals surface area contributed by atoms with Crippen molar-refractivity contribution in [3.05, 3.63) is 0 Å². The maximum absolute atomic E-state index is 6.18. The summed E-state index contributed by atoms with van der Waals surface area (Å²) in [4.78, 5) is 0. The van der Waals surface area contributed by atoms with E-state index in [4.69, 9.17) is 14.2 Å². The molecule has 1 saturated carbocycles. The minimum absolute atomic E-state index is 0.0734. The summed E-state index contributed by atoms with van der Waals surface area (Å²) in [7, 11) is 0. The van der Waals surface area contributed by atoms with Crippen molar-refractivity contribution in [2.45, 2.75) is 78.9 Å². The lowest BCUT2D eigenvalue weighted by Gasteiger charge is -2.37. The highest BCUT2D eigenvalue weighted by Gasteiger charge is 2.31. The van der Waals surface area contributed by atoms with Crippen molar-refractivity contribution in [2.24, 2.45) is 17.8 Å². The number of hydrogen-bond donors (Lipinski definition) is 0. The standard InChI is InChI=1S/C19H38O3/c1-15(2)17-9-8-16(3)14-18(17)21-11-7-10-20-12-13-22-19(4,5)6/h15-18H,7-14H2,1-6H3. The van der Waals surface area contributed by atoms with Crippen LogP contribution in [0.3, 0.4) is 0 Å². The van der Waals surface area contributed by atoms with E-state index in [9.17, 15) is 0 Å². The fraction of sp³-hybridized carbons (Fsp3) is 1.00. The van der Waals surface area contributed by atoms with Crippen LogP contribution in [0.25, 0.3) is 0 Å². The molecule has 0 aromatic rings. The molecule has 3 heteroatoms. The summed E-state index contributed by atoms with van der Waals surface area (Å²) in [6, 6.07) is 0. The van der Waals surface area contributed by atoms with Crippen molar-refractivity contribution in [1.29, 1.82) is 0 Å². The lowest BCUT2D eigenvalue weighted by molar-refractivity contribution is -0.0537. The molecule has 3 atom stereocenters. The number of hydrogen-bond acceptors (Lipinski definition) is 3. The topological polar surface area (TPSA) is 27.7 Å². The first-order chi connectivity index (χ1) is 10.3. The first kappa shape index (κ1) is 19.9. The van der Waals surface area contributed by atoms with Gasteiger partial charge in [-0.3, -0.25) is 0 Å². The Morgan fingerprint density at radius 1 is 1.00 bits per heavy atom. The molecule has 0 heterocycles. The smallest absolute Gasteiger partial charge is 0.0707 e. The van der Waals surface area contributed by atoms with Crippen LogP contribution in [-0.2, 0) is 14.2 Å². The molecule has 1 rings (SSSR count). The van der Waals surface area contributed by atoms with E-state index in [-0.39, 0.29) is 5.60 Å². The second-order valence-corrected chi connectivity index (χ2v) is 8.16. The van der Waals surface area contributed by atoms with Crippen molar-refractivity contribution in [1.82, 2.24) is 0 Å². The summed E-state index contributed by atoms with van der Waals surface area (Å²) in [5, 5.41) is 0. The van der Waals surface area contributed by atoms with Crippen LogP contribution in [0, 0.1) is 17.8 Å². The zero-order chi connectivity index (χ0) is 16.6. The van der Waals surface area contributed by atoms with E-state index in [1.165, 1.54) is 19.3 Å². The summed E-state index contributed by atoms with van der Waals surface area (Å²) < 4.78 is 17.4. The van der Waals surface area contributed by atoms with Gasteiger partial charge in [0.15, 0.2) is 0 Å². The van der Waals surface area contributed by atoms with Crippen LogP contribution in [-0.4, -0.2) is 38.1 Å². The molecule has 1 aliphatic carbocycles. The molecular formula is C19H38O3. The molecule has 0 bridgehead atoms. The van der Waals surface area contributed by atoms with E-state index < -0.39 is 0 Å². The van der Waals surface area contributed by atoms with Gasteiger partial charge < -0.3 is 14.2 Å². The lowest BCUT2D eigenvalue weighted by atomic mass is 9.75. The van der Waals surface area contributed by atoms with Gasteiger partial charge in [0.25, 0.3) is 0 Å². The van der Waals surface area contributed by atoms with Gasteiger partial charge >= 0.3 is 0 Å². The lowest BCUT2D eigenvalue weighted by Crippen LogP contribution is -2.34. The van der Waals surface area contributed by atoms with E-state index in [2.05, 4.69) is 41.5 Å². The highest BCUT2D eigenvalue weighted by molar-refractivity contribution is 4.81. The van der Waals surface area contributed by atoms with Crippen LogP contribution in [0.15, 0.2) is 0 Å². The predicted molar refractivity (Wildman–Crippen MR) is 92.2 cm³/mol. The summed E-state index contributed by atoms with van der Waals surface area (Å²) >= 11 is 0. The van der Waals surface area contributed by atoms with Crippen molar-refractivity contribution < 1.29 is 14.2 Å². The van der Waals surface area contributed by atoms with Gasteiger partial charge in [0.1, 0.15) is 0 Å². The van der Waals surface area contributed by atoms with Crippen LogP contribution in [0.4, 0.5) is 0 Å².